The Kier molecular flexibility index (Phi) is 6.34. The van der Waals surface area contributed by atoms with E-state index in [1.54, 1.807) is 44.6 Å². The molecule has 0 bridgehead atoms. The van der Waals surface area contributed by atoms with E-state index in [1.165, 1.54) is 7.11 Å². The molecule has 0 aromatic heterocycles. The fraction of sp³-hybridized carbons (Fsp3) is 0.217. The van der Waals surface area contributed by atoms with Crippen molar-refractivity contribution in [1.29, 1.82) is 0 Å². The van der Waals surface area contributed by atoms with E-state index < -0.39 is 5.97 Å². The summed E-state index contributed by atoms with van der Waals surface area (Å²) in [5.41, 5.74) is 1.20. The van der Waals surface area contributed by atoms with Crippen molar-refractivity contribution in [1.82, 2.24) is 0 Å². The highest BCUT2D eigenvalue weighted by molar-refractivity contribution is 6.01. The normalized spacial score (nSPS) is 10.4. The van der Waals surface area contributed by atoms with Crippen molar-refractivity contribution in [2.24, 2.45) is 0 Å². The van der Waals surface area contributed by atoms with Crippen LogP contribution in [0.5, 0.6) is 17.2 Å². The number of fused-ring (bicyclic) bond motifs is 1. The van der Waals surface area contributed by atoms with E-state index >= 15 is 0 Å². The van der Waals surface area contributed by atoms with Gasteiger partial charge in [0.25, 0.3) is 0 Å². The number of hydrogen-bond acceptors (Lipinski definition) is 6. The molecule has 0 aliphatic carbocycles. The molecule has 150 valence electrons. The highest BCUT2D eigenvalue weighted by Gasteiger charge is 2.13. The largest absolute Gasteiger partial charge is 0.497 e. The fourth-order valence-corrected chi connectivity index (χ4v) is 2.96. The molecule has 29 heavy (non-hydrogen) atoms. The second kappa shape index (κ2) is 9.10. The maximum Gasteiger partial charge on any atom is 0.310 e. The van der Waals surface area contributed by atoms with E-state index in [9.17, 15) is 9.59 Å². The van der Waals surface area contributed by atoms with Crippen molar-refractivity contribution < 1.29 is 28.5 Å². The van der Waals surface area contributed by atoms with Gasteiger partial charge >= 0.3 is 5.97 Å². The first-order valence-electron chi connectivity index (χ1n) is 9.01. The van der Waals surface area contributed by atoms with Crippen LogP contribution in [0.3, 0.4) is 0 Å². The lowest BCUT2D eigenvalue weighted by atomic mass is 10.0. The van der Waals surface area contributed by atoms with Crippen molar-refractivity contribution in [3.63, 3.8) is 0 Å². The molecular formula is C23H22O6. The number of rotatable bonds is 8. The van der Waals surface area contributed by atoms with Crippen molar-refractivity contribution in [3.8, 4) is 17.2 Å². The Labute approximate surface area is 169 Å². The monoisotopic (exact) mass is 394 g/mol. The Morgan fingerprint density at radius 2 is 1.48 bits per heavy atom. The van der Waals surface area contributed by atoms with Gasteiger partial charge in [0, 0.05) is 5.56 Å². The number of carbonyl (C=O) groups is 2. The lowest BCUT2D eigenvalue weighted by Crippen LogP contribution is -2.15. The standard InChI is InChI=1S/C23H22O6/c1-26-19-8-7-16-12-18(6-5-17(16)13-19)20(24)14-29-23(25)11-15-4-9-21(27-2)22(10-15)28-3/h4-10,12-13H,11,14H2,1-3H3. The summed E-state index contributed by atoms with van der Waals surface area (Å²) in [6, 6.07) is 16.1. The number of carbonyl (C=O) groups excluding carboxylic acids is 2. The maximum atomic E-state index is 12.4. The second-order valence-electron chi connectivity index (χ2n) is 6.38. The van der Waals surface area contributed by atoms with Crippen LogP contribution in [-0.2, 0) is 16.0 Å². The van der Waals surface area contributed by atoms with Crippen molar-refractivity contribution in [2.75, 3.05) is 27.9 Å². The zero-order valence-corrected chi connectivity index (χ0v) is 16.6. The predicted octanol–water partition coefficient (Wildman–Crippen LogP) is 3.83. The van der Waals surface area contributed by atoms with Gasteiger partial charge in [-0.2, -0.15) is 0 Å². The molecule has 0 saturated heterocycles. The molecule has 0 amide bonds. The van der Waals surface area contributed by atoms with Gasteiger partial charge < -0.3 is 18.9 Å². The van der Waals surface area contributed by atoms with Gasteiger partial charge in [0.2, 0.25) is 0 Å². The van der Waals surface area contributed by atoms with E-state index in [0.29, 0.717) is 22.6 Å². The Morgan fingerprint density at radius 3 is 2.21 bits per heavy atom. The zero-order valence-electron chi connectivity index (χ0n) is 16.6. The highest BCUT2D eigenvalue weighted by atomic mass is 16.5. The van der Waals surface area contributed by atoms with Gasteiger partial charge in [0.15, 0.2) is 23.9 Å². The van der Waals surface area contributed by atoms with Crippen LogP contribution in [0.25, 0.3) is 10.8 Å². The molecule has 0 radical (unpaired) electrons. The summed E-state index contributed by atoms with van der Waals surface area (Å²) in [5, 5.41) is 1.87. The van der Waals surface area contributed by atoms with Gasteiger partial charge in [-0.25, -0.2) is 0 Å². The summed E-state index contributed by atoms with van der Waals surface area (Å²) in [6.07, 6.45) is 0.0329. The van der Waals surface area contributed by atoms with Crippen LogP contribution in [0.1, 0.15) is 15.9 Å². The minimum atomic E-state index is -0.490. The first kappa shape index (κ1) is 20.2. The van der Waals surface area contributed by atoms with Crippen LogP contribution >= 0.6 is 0 Å². The number of ether oxygens (including phenoxy) is 4. The Bertz CT molecular complexity index is 1040. The van der Waals surface area contributed by atoms with Gasteiger partial charge in [0.1, 0.15) is 5.75 Å². The van der Waals surface area contributed by atoms with Crippen LogP contribution in [0.4, 0.5) is 0 Å². The highest BCUT2D eigenvalue weighted by Crippen LogP contribution is 2.28. The number of Topliss-reactive ketones (excluding diaryl/α,β-unsaturated/α-hetero) is 1. The molecule has 6 nitrogen and oxygen atoms in total. The summed E-state index contributed by atoms with van der Waals surface area (Å²) < 4.78 is 20.8. The molecule has 3 aromatic carbocycles. The molecule has 0 aliphatic heterocycles. The number of benzene rings is 3. The van der Waals surface area contributed by atoms with Gasteiger partial charge in [-0.3, -0.25) is 9.59 Å². The lowest BCUT2D eigenvalue weighted by Gasteiger charge is -2.10. The molecule has 3 aromatic rings. The number of hydrogen-bond donors (Lipinski definition) is 0. The first-order valence-corrected chi connectivity index (χ1v) is 9.01. The average Bonchev–Trinajstić information content (AvgIpc) is 2.76. The minimum Gasteiger partial charge on any atom is -0.497 e. The molecule has 0 saturated carbocycles. The smallest absolute Gasteiger partial charge is 0.310 e. The van der Waals surface area contributed by atoms with Crippen molar-refractivity contribution >= 4 is 22.5 Å². The quantitative estimate of drug-likeness (QED) is 0.427. The summed E-state index contributed by atoms with van der Waals surface area (Å²) >= 11 is 0. The average molecular weight is 394 g/mol. The molecule has 3 rings (SSSR count). The Balaban J connectivity index is 1.61. The van der Waals surface area contributed by atoms with E-state index in [1.807, 2.05) is 24.3 Å². The van der Waals surface area contributed by atoms with Crippen LogP contribution in [0.2, 0.25) is 0 Å². The number of esters is 1. The molecule has 0 fully saturated rings. The minimum absolute atomic E-state index is 0.0329. The van der Waals surface area contributed by atoms with E-state index in [0.717, 1.165) is 16.5 Å². The SMILES string of the molecule is COc1ccc2cc(C(=O)COC(=O)Cc3ccc(OC)c(OC)c3)ccc2c1. The molecule has 0 atom stereocenters. The van der Waals surface area contributed by atoms with Gasteiger partial charge in [0.05, 0.1) is 27.8 Å². The van der Waals surface area contributed by atoms with Crippen LogP contribution in [0.15, 0.2) is 54.6 Å². The molecule has 0 aliphatic rings. The number of ketones is 1. The number of methoxy groups -OCH3 is 3. The van der Waals surface area contributed by atoms with Gasteiger partial charge in [-0.1, -0.05) is 24.3 Å². The summed E-state index contributed by atoms with van der Waals surface area (Å²) in [4.78, 5) is 24.5. The Hall–Kier alpha value is -3.54. The third-order valence-electron chi connectivity index (χ3n) is 4.53. The molecule has 0 heterocycles. The van der Waals surface area contributed by atoms with E-state index in [2.05, 4.69) is 0 Å². The van der Waals surface area contributed by atoms with Crippen molar-refractivity contribution in [2.45, 2.75) is 6.42 Å². The second-order valence-corrected chi connectivity index (χ2v) is 6.38. The van der Waals surface area contributed by atoms with E-state index in [4.69, 9.17) is 18.9 Å². The summed E-state index contributed by atoms with van der Waals surface area (Å²) in [5.74, 6) is 1.11. The zero-order chi connectivity index (χ0) is 20.8. The third-order valence-corrected chi connectivity index (χ3v) is 4.53. The summed E-state index contributed by atoms with van der Waals surface area (Å²) in [6.45, 7) is -0.312. The predicted molar refractivity (Wildman–Crippen MR) is 109 cm³/mol. The van der Waals surface area contributed by atoms with Gasteiger partial charge in [-0.05, 0) is 46.7 Å². The van der Waals surface area contributed by atoms with E-state index in [-0.39, 0.29) is 18.8 Å². The van der Waals surface area contributed by atoms with Crippen LogP contribution < -0.4 is 14.2 Å². The molecule has 0 unspecified atom stereocenters. The maximum absolute atomic E-state index is 12.4. The lowest BCUT2D eigenvalue weighted by molar-refractivity contribution is -0.141. The first-order chi connectivity index (χ1) is 14.0. The molecule has 6 heteroatoms. The summed E-state index contributed by atoms with van der Waals surface area (Å²) in [7, 11) is 4.67. The molecular weight excluding hydrogens is 372 g/mol. The Morgan fingerprint density at radius 1 is 0.759 bits per heavy atom. The molecule has 0 N–H and O–H groups in total. The van der Waals surface area contributed by atoms with Crippen LogP contribution in [-0.4, -0.2) is 39.7 Å². The topological polar surface area (TPSA) is 71.1 Å². The van der Waals surface area contributed by atoms with Crippen molar-refractivity contribution in [3.05, 3.63) is 65.7 Å². The van der Waals surface area contributed by atoms with Crippen LogP contribution in [0, 0.1) is 0 Å². The van der Waals surface area contributed by atoms with Gasteiger partial charge in [-0.15, -0.1) is 0 Å². The fourth-order valence-electron chi connectivity index (χ4n) is 2.96. The molecule has 0 spiro atoms. The third kappa shape index (κ3) is 4.85.